The van der Waals surface area contributed by atoms with Gasteiger partial charge >= 0.3 is 0 Å². The molecule has 0 fully saturated rings. The third-order valence-electron chi connectivity index (χ3n) is 12.7. The van der Waals surface area contributed by atoms with E-state index >= 15 is 0 Å². The van der Waals surface area contributed by atoms with E-state index in [0.717, 1.165) is 66.9 Å². The summed E-state index contributed by atoms with van der Waals surface area (Å²) in [5.41, 5.74) is 17.5. The number of fused-ring (bicyclic) bond motifs is 4. The van der Waals surface area contributed by atoms with Crippen LogP contribution < -0.4 is 0 Å². The molecule has 0 saturated heterocycles. The minimum absolute atomic E-state index is 0.131. The summed E-state index contributed by atoms with van der Waals surface area (Å²) in [6, 6.07) is 52.5. The maximum Gasteiger partial charge on any atom is 0.149 e. The number of aromatic hydroxyl groups is 1. The summed E-state index contributed by atoms with van der Waals surface area (Å²) in [7, 11) is 0. The number of aromatic nitrogens is 3. The van der Waals surface area contributed by atoms with Crippen LogP contribution in [0.1, 0.15) is 79.0 Å². The van der Waals surface area contributed by atoms with Crippen molar-refractivity contribution in [2.45, 2.75) is 78.6 Å². The Balaban J connectivity index is 1.25. The number of rotatable bonds is 5. The monoisotopic (exact) mass is 807 g/mol. The van der Waals surface area contributed by atoms with E-state index < -0.39 is 0 Å². The summed E-state index contributed by atoms with van der Waals surface area (Å²) in [4.78, 5) is 10.6. The molecule has 4 nitrogen and oxygen atoms in total. The highest BCUT2D eigenvalue weighted by Gasteiger charge is 2.30. The normalized spacial score (nSPS) is 12.7. The van der Waals surface area contributed by atoms with Gasteiger partial charge in [-0.15, -0.1) is 0 Å². The van der Waals surface area contributed by atoms with Gasteiger partial charge in [0.05, 0.1) is 22.3 Å². The summed E-state index contributed by atoms with van der Waals surface area (Å²) in [5, 5.41) is 15.0. The zero-order valence-electron chi connectivity index (χ0n) is 37.2. The summed E-state index contributed by atoms with van der Waals surface area (Å²) in [5.74, 6) is 0.975. The Morgan fingerprint density at radius 1 is 0.468 bits per heavy atom. The topological polar surface area (TPSA) is 50.9 Å². The number of para-hydroxylation sites is 1. The van der Waals surface area contributed by atoms with Gasteiger partial charge in [0.2, 0.25) is 0 Å². The van der Waals surface area contributed by atoms with Gasteiger partial charge in [-0.05, 0) is 126 Å². The van der Waals surface area contributed by atoms with Crippen molar-refractivity contribution >= 4 is 21.8 Å². The van der Waals surface area contributed by atoms with Crippen LogP contribution in [0.25, 0.3) is 94.6 Å². The predicted molar refractivity (Wildman–Crippen MR) is 260 cm³/mol. The van der Waals surface area contributed by atoms with Crippen LogP contribution in [0.4, 0.5) is 0 Å². The molecule has 1 aliphatic rings. The Bertz CT molecular complexity index is 3230. The molecule has 0 aliphatic heterocycles. The molecule has 0 bridgehead atoms. The Kier molecular flexibility index (Phi) is 8.98. The summed E-state index contributed by atoms with van der Waals surface area (Å²) in [6.45, 7) is 20.0. The van der Waals surface area contributed by atoms with Crippen LogP contribution >= 0.6 is 0 Å². The minimum atomic E-state index is -0.310. The molecule has 9 aromatic rings. The quantitative estimate of drug-likeness (QED) is 0.188. The molecule has 2 heterocycles. The molecule has 2 aromatic heterocycles. The summed E-state index contributed by atoms with van der Waals surface area (Å²) >= 11 is 0. The zero-order valence-corrected chi connectivity index (χ0v) is 37.2. The molecule has 1 aliphatic carbocycles. The average molecular weight is 808 g/mol. The third kappa shape index (κ3) is 6.61. The maximum atomic E-state index is 12.5. The third-order valence-corrected chi connectivity index (χ3v) is 12.7. The number of pyridine rings is 1. The number of phenolic OH excluding ortho intramolecular Hbond substituents is 1. The molecule has 0 atom stereocenters. The van der Waals surface area contributed by atoms with Crippen molar-refractivity contribution in [3.8, 4) is 78.6 Å². The molecule has 0 spiro atoms. The first-order chi connectivity index (χ1) is 29.5. The Morgan fingerprint density at radius 3 is 1.84 bits per heavy atom. The van der Waals surface area contributed by atoms with E-state index in [1.54, 1.807) is 0 Å². The molecule has 1 N–H and O–H groups in total. The fraction of sp³-hybridized carbons (Fsp3) is 0.207. The molecular formula is C58H53N3O. The van der Waals surface area contributed by atoms with Crippen molar-refractivity contribution in [1.82, 2.24) is 14.5 Å². The number of hydrogen-bond donors (Lipinski definition) is 1. The van der Waals surface area contributed by atoms with Crippen LogP contribution in [0.3, 0.4) is 0 Å². The molecule has 0 radical (unpaired) electrons. The van der Waals surface area contributed by atoms with Gasteiger partial charge in [-0.3, -0.25) is 9.55 Å². The van der Waals surface area contributed by atoms with Crippen molar-refractivity contribution in [2.24, 2.45) is 0 Å². The number of hydrogen-bond acceptors (Lipinski definition) is 3. The van der Waals surface area contributed by atoms with E-state index in [2.05, 4.69) is 206 Å². The van der Waals surface area contributed by atoms with E-state index in [-0.39, 0.29) is 22.0 Å². The van der Waals surface area contributed by atoms with Crippen molar-refractivity contribution in [3.63, 3.8) is 0 Å². The van der Waals surface area contributed by atoms with E-state index in [9.17, 15) is 5.11 Å². The minimum Gasteiger partial charge on any atom is -0.507 e. The van der Waals surface area contributed by atoms with Crippen LogP contribution in [0.5, 0.6) is 5.75 Å². The lowest BCUT2D eigenvalue weighted by atomic mass is 9.79. The van der Waals surface area contributed by atoms with Crippen LogP contribution in [-0.2, 0) is 16.2 Å². The average Bonchev–Trinajstić information content (AvgIpc) is 3.80. The second-order valence-electron chi connectivity index (χ2n) is 20.1. The first kappa shape index (κ1) is 39.4. The van der Waals surface area contributed by atoms with E-state index in [4.69, 9.17) is 9.97 Å². The van der Waals surface area contributed by atoms with Crippen molar-refractivity contribution in [3.05, 3.63) is 168 Å². The second kappa shape index (κ2) is 14.1. The lowest BCUT2D eigenvalue weighted by Gasteiger charge is -2.27. The second-order valence-corrected chi connectivity index (χ2v) is 20.1. The highest BCUT2D eigenvalue weighted by molar-refractivity contribution is 6.15. The van der Waals surface area contributed by atoms with Gasteiger partial charge < -0.3 is 5.11 Å². The lowest BCUT2D eigenvalue weighted by molar-refractivity contribution is 0.446. The van der Waals surface area contributed by atoms with Crippen molar-refractivity contribution < 1.29 is 5.11 Å². The van der Waals surface area contributed by atoms with E-state index in [0.29, 0.717) is 5.82 Å². The van der Waals surface area contributed by atoms with Gasteiger partial charge in [0.15, 0.2) is 0 Å². The van der Waals surface area contributed by atoms with E-state index in [1.165, 1.54) is 38.6 Å². The Hall–Kier alpha value is -6.78. The first-order valence-corrected chi connectivity index (χ1v) is 21.8. The molecule has 62 heavy (non-hydrogen) atoms. The highest BCUT2D eigenvalue weighted by atomic mass is 16.3. The Labute approximate surface area is 365 Å². The lowest BCUT2D eigenvalue weighted by Crippen LogP contribution is -2.17. The van der Waals surface area contributed by atoms with Gasteiger partial charge in [0.25, 0.3) is 0 Å². The molecule has 0 amide bonds. The molecule has 306 valence electrons. The first-order valence-electron chi connectivity index (χ1n) is 21.8. The standard InChI is InChI=1S/C58H53N3O/c1-56(2,3)40-29-38(28-39(30-40)50-31-37(26-27-59-50)35-16-11-10-12-17-35)43-20-15-23-51-53(43)60-55(48-32-41(57(4,5)6)33-49(54(48)62)58(7,8)9)61(51)42-24-25-44-45-21-13-18-36-19-14-22-46(52(36)45)47(44)34-42/h10-34,62H,1-9H3. The number of benzene rings is 7. The Morgan fingerprint density at radius 2 is 1.13 bits per heavy atom. The largest absolute Gasteiger partial charge is 0.507 e. The van der Waals surface area contributed by atoms with Crippen LogP contribution in [-0.4, -0.2) is 19.6 Å². The van der Waals surface area contributed by atoms with Gasteiger partial charge in [-0.2, -0.15) is 0 Å². The van der Waals surface area contributed by atoms with Crippen LogP contribution in [0.2, 0.25) is 0 Å². The SMILES string of the molecule is CC(C)(C)c1cc(-c2cc(-c3ccccc3)ccn2)cc(-c2cccc3c2nc(-c2cc(C(C)(C)C)cc(C(C)(C)C)c2O)n3-c2ccc3c(c2)-c2cccc4cccc-3c24)c1. The van der Waals surface area contributed by atoms with Gasteiger partial charge in [-0.25, -0.2) is 4.98 Å². The van der Waals surface area contributed by atoms with Crippen LogP contribution in [0.15, 0.2) is 152 Å². The summed E-state index contributed by atoms with van der Waals surface area (Å²) < 4.78 is 2.27. The van der Waals surface area contributed by atoms with Gasteiger partial charge in [0, 0.05) is 28.6 Å². The van der Waals surface area contributed by atoms with Crippen LogP contribution in [0, 0.1) is 0 Å². The number of nitrogens with zero attached hydrogens (tertiary/aromatic N) is 3. The maximum absolute atomic E-state index is 12.5. The molecule has 7 aromatic carbocycles. The van der Waals surface area contributed by atoms with Crippen molar-refractivity contribution in [2.75, 3.05) is 0 Å². The molecule has 10 rings (SSSR count). The summed E-state index contributed by atoms with van der Waals surface area (Å²) in [6.07, 6.45) is 1.91. The fourth-order valence-corrected chi connectivity index (χ4v) is 9.27. The fourth-order valence-electron chi connectivity index (χ4n) is 9.27. The highest BCUT2D eigenvalue weighted by Crippen LogP contribution is 2.49. The van der Waals surface area contributed by atoms with Crippen molar-refractivity contribution in [1.29, 1.82) is 0 Å². The van der Waals surface area contributed by atoms with Gasteiger partial charge in [0.1, 0.15) is 11.6 Å². The molecular weight excluding hydrogens is 755 g/mol. The zero-order chi connectivity index (χ0) is 43.3. The van der Waals surface area contributed by atoms with E-state index in [1.807, 2.05) is 12.3 Å². The number of phenols is 1. The molecule has 4 heteroatoms. The van der Waals surface area contributed by atoms with Gasteiger partial charge in [-0.1, -0.05) is 159 Å². The number of imidazole rings is 1. The molecule has 0 unspecified atom stereocenters. The predicted octanol–water partition coefficient (Wildman–Crippen LogP) is 15.5. The smallest absolute Gasteiger partial charge is 0.149 e. The molecule has 0 saturated carbocycles.